The summed E-state index contributed by atoms with van der Waals surface area (Å²) in [6.07, 6.45) is -2.34. The minimum Gasteiger partial charge on any atom is -0.497 e. The van der Waals surface area contributed by atoms with E-state index in [0.717, 1.165) is 0 Å². The molecule has 1 aromatic rings. The summed E-state index contributed by atoms with van der Waals surface area (Å²) in [7, 11) is 1.52. The molecular weight excluding hydrogens is 264 g/mol. The summed E-state index contributed by atoms with van der Waals surface area (Å²) >= 11 is 3.25. The molecule has 2 unspecified atom stereocenters. The quantitative estimate of drug-likeness (QED) is 0.763. The summed E-state index contributed by atoms with van der Waals surface area (Å²) < 4.78 is 5.65. The molecule has 0 fully saturated rings. The zero-order valence-electron chi connectivity index (χ0n) is 8.22. The molecule has 0 bridgehead atoms. The van der Waals surface area contributed by atoms with E-state index in [1.165, 1.54) is 7.11 Å². The van der Waals surface area contributed by atoms with Crippen molar-refractivity contribution in [3.8, 4) is 5.75 Å². The van der Waals surface area contributed by atoms with Gasteiger partial charge in [-0.25, -0.2) is 0 Å². The van der Waals surface area contributed by atoms with E-state index in [1.807, 2.05) is 0 Å². The molecule has 0 aliphatic carbocycles. The second-order valence-electron chi connectivity index (χ2n) is 3.08. The van der Waals surface area contributed by atoms with Crippen LogP contribution in [0.15, 0.2) is 22.7 Å². The summed E-state index contributed by atoms with van der Waals surface area (Å²) in [6.45, 7) is -0.495. The normalized spacial score (nSPS) is 14.7. The Hall–Kier alpha value is -0.620. The highest BCUT2D eigenvalue weighted by atomic mass is 79.9. The molecule has 5 heteroatoms. The lowest BCUT2D eigenvalue weighted by molar-refractivity contribution is -0.0156. The van der Waals surface area contributed by atoms with E-state index in [1.54, 1.807) is 18.2 Å². The Kier molecular flexibility index (Phi) is 4.53. The molecule has 0 aliphatic heterocycles. The van der Waals surface area contributed by atoms with Gasteiger partial charge in [-0.2, -0.15) is 0 Å². The molecule has 84 valence electrons. The van der Waals surface area contributed by atoms with E-state index >= 15 is 0 Å². The molecule has 4 nitrogen and oxygen atoms in total. The molecule has 0 saturated carbocycles. The molecule has 0 radical (unpaired) electrons. The van der Waals surface area contributed by atoms with Crippen LogP contribution in [0.3, 0.4) is 0 Å². The number of aliphatic hydroxyl groups is 3. The third kappa shape index (κ3) is 2.92. The summed E-state index contributed by atoms with van der Waals surface area (Å²) in [5.74, 6) is 0.581. The van der Waals surface area contributed by atoms with E-state index in [-0.39, 0.29) is 0 Å². The molecular formula is C10H13BrO4. The number of aliphatic hydroxyl groups excluding tert-OH is 3. The smallest absolute Gasteiger partial charge is 0.119 e. The molecule has 0 spiro atoms. The molecule has 3 N–H and O–H groups in total. The van der Waals surface area contributed by atoms with Crippen molar-refractivity contribution in [1.82, 2.24) is 0 Å². The zero-order valence-corrected chi connectivity index (χ0v) is 9.81. The Balaban J connectivity index is 3.01. The number of hydrogen-bond donors (Lipinski definition) is 3. The fraction of sp³-hybridized carbons (Fsp3) is 0.400. The lowest BCUT2D eigenvalue weighted by atomic mass is 10.0. The van der Waals surface area contributed by atoms with Crippen molar-refractivity contribution >= 4 is 15.9 Å². The van der Waals surface area contributed by atoms with E-state index < -0.39 is 18.8 Å². The first-order valence-corrected chi connectivity index (χ1v) is 5.20. The van der Waals surface area contributed by atoms with Crippen molar-refractivity contribution < 1.29 is 20.1 Å². The van der Waals surface area contributed by atoms with Gasteiger partial charge in [0.25, 0.3) is 0 Å². The first-order valence-electron chi connectivity index (χ1n) is 4.40. The fourth-order valence-electron chi connectivity index (χ4n) is 1.18. The molecule has 0 aliphatic rings. The van der Waals surface area contributed by atoms with Crippen molar-refractivity contribution in [2.75, 3.05) is 13.7 Å². The van der Waals surface area contributed by atoms with Gasteiger partial charge in [0.05, 0.1) is 13.7 Å². The van der Waals surface area contributed by atoms with Gasteiger partial charge in [0.2, 0.25) is 0 Å². The highest BCUT2D eigenvalue weighted by Gasteiger charge is 2.20. The van der Waals surface area contributed by atoms with Crippen LogP contribution in [0, 0.1) is 0 Å². The Morgan fingerprint density at radius 2 is 2.07 bits per heavy atom. The first kappa shape index (κ1) is 12.4. The van der Waals surface area contributed by atoms with Gasteiger partial charge in [-0.15, -0.1) is 0 Å². The largest absolute Gasteiger partial charge is 0.497 e. The number of halogens is 1. The Labute approximate surface area is 96.3 Å². The number of hydrogen-bond acceptors (Lipinski definition) is 4. The molecule has 15 heavy (non-hydrogen) atoms. The van der Waals surface area contributed by atoms with Gasteiger partial charge >= 0.3 is 0 Å². The van der Waals surface area contributed by atoms with Crippen LogP contribution < -0.4 is 4.74 Å². The Morgan fingerprint density at radius 1 is 1.40 bits per heavy atom. The van der Waals surface area contributed by atoms with Crippen molar-refractivity contribution in [2.45, 2.75) is 12.2 Å². The molecule has 1 rings (SSSR count). The summed E-state index contributed by atoms with van der Waals surface area (Å²) in [6, 6.07) is 5.04. The standard InChI is InChI=1S/C10H13BrO4/c1-15-6-2-3-8(11)7(4-6)10(14)9(13)5-12/h2-4,9-10,12-14H,5H2,1H3. The zero-order chi connectivity index (χ0) is 11.4. The third-order valence-electron chi connectivity index (χ3n) is 2.07. The lowest BCUT2D eigenvalue weighted by Crippen LogP contribution is -2.22. The van der Waals surface area contributed by atoms with Crippen LogP contribution in [-0.4, -0.2) is 35.1 Å². The van der Waals surface area contributed by atoms with E-state index in [2.05, 4.69) is 15.9 Å². The van der Waals surface area contributed by atoms with Gasteiger partial charge in [0.15, 0.2) is 0 Å². The average Bonchev–Trinajstić information content (AvgIpc) is 2.27. The predicted molar refractivity (Wildman–Crippen MR) is 58.7 cm³/mol. The summed E-state index contributed by atoms with van der Waals surface area (Å²) in [5, 5.41) is 27.7. The second kappa shape index (κ2) is 5.46. The van der Waals surface area contributed by atoms with Gasteiger partial charge in [0, 0.05) is 10.0 Å². The maximum absolute atomic E-state index is 9.69. The molecule has 0 heterocycles. The van der Waals surface area contributed by atoms with Crippen LogP contribution in [0.25, 0.3) is 0 Å². The van der Waals surface area contributed by atoms with Crippen molar-refractivity contribution in [1.29, 1.82) is 0 Å². The molecule has 0 amide bonds. The van der Waals surface area contributed by atoms with Gasteiger partial charge in [0.1, 0.15) is 18.0 Å². The average molecular weight is 277 g/mol. The second-order valence-corrected chi connectivity index (χ2v) is 3.94. The molecule has 0 saturated heterocycles. The maximum Gasteiger partial charge on any atom is 0.119 e. The van der Waals surface area contributed by atoms with Gasteiger partial charge in [-0.1, -0.05) is 15.9 Å². The van der Waals surface area contributed by atoms with Crippen LogP contribution in [0.2, 0.25) is 0 Å². The first-order chi connectivity index (χ1) is 7.10. The van der Waals surface area contributed by atoms with Gasteiger partial charge in [-0.3, -0.25) is 0 Å². The van der Waals surface area contributed by atoms with Crippen molar-refractivity contribution in [3.05, 3.63) is 28.2 Å². The van der Waals surface area contributed by atoms with Gasteiger partial charge in [-0.05, 0) is 18.2 Å². The summed E-state index contributed by atoms with van der Waals surface area (Å²) in [4.78, 5) is 0. The summed E-state index contributed by atoms with van der Waals surface area (Å²) in [5.41, 5.74) is 0.482. The van der Waals surface area contributed by atoms with Crippen LogP contribution in [0.5, 0.6) is 5.75 Å². The number of ether oxygens (including phenoxy) is 1. The minimum absolute atomic E-state index is 0.482. The monoisotopic (exact) mass is 276 g/mol. The van der Waals surface area contributed by atoms with E-state index in [0.29, 0.717) is 15.8 Å². The highest BCUT2D eigenvalue weighted by Crippen LogP contribution is 2.29. The number of rotatable bonds is 4. The van der Waals surface area contributed by atoms with Crippen molar-refractivity contribution in [2.24, 2.45) is 0 Å². The van der Waals surface area contributed by atoms with Crippen molar-refractivity contribution in [3.63, 3.8) is 0 Å². The fourth-order valence-corrected chi connectivity index (χ4v) is 1.66. The Bertz CT molecular complexity index is 329. The highest BCUT2D eigenvalue weighted by molar-refractivity contribution is 9.10. The number of methoxy groups -OCH3 is 1. The van der Waals surface area contributed by atoms with Crippen LogP contribution in [0.4, 0.5) is 0 Å². The van der Waals surface area contributed by atoms with Gasteiger partial charge < -0.3 is 20.1 Å². The minimum atomic E-state index is -1.20. The third-order valence-corrected chi connectivity index (χ3v) is 2.80. The van der Waals surface area contributed by atoms with Crippen LogP contribution in [0.1, 0.15) is 11.7 Å². The topological polar surface area (TPSA) is 69.9 Å². The van der Waals surface area contributed by atoms with Crippen LogP contribution >= 0.6 is 15.9 Å². The Morgan fingerprint density at radius 3 is 2.60 bits per heavy atom. The molecule has 2 atom stereocenters. The maximum atomic E-state index is 9.69. The lowest BCUT2D eigenvalue weighted by Gasteiger charge is -2.17. The molecule has 1 aromatic carbocycles. The predicted octanol–water partition coefficient (Wildman–Crippen LogP) is 0.844. The SMILES string of the molecule is COc1ccc(Br)c(C(O)C(O)CO)c1. The molecule has 0 aromatic heterocycles. The van der Waals surface area contributed by atoms with E-state index in [9.17, 15) is 10.2 Å². The van der Waals surface area contributed by atoms with E-state index in [4.69, 9.17) is 9.84 Å². The number of benzene rings is 1. The van der Waals surface area contributed by atoms with Crippen LogP contribution in [-0.2, 0) is 0 Å².